The van der Waals surface area contributed by atoms with E-state index in [1.165, 1.54) is 4.88 Å². The number of hydrogen-bond acceptors (Lipinski definition) is 5. The van der Waals surface area contributed by atoms with Gasteiger partial charge in [-0.3, -0.25) is 9.69 Å². The molecule has 0 saturated carbocycles. The molecule has 1 aromatic carbocycles. The number of carbonyl (C=O) groups excluding carboxylic acids is 1. The van der Waals surface area contributed by atoms with Crippen molar-refractivity contribution in [1.29, 1.82) is 0 Å². The fraction of sp³-hybridized carbons (Fsp3) is 0.389. The van der Waals surface area contributed by atoms with Crippen LogP contribution < -0.4 is 11.0 Å². The number of hydrogen-bond donors (Lipinski definition) is 3. The molecule has 0 bridgehead atoms. The first kappa shape index (κ1) is 18.3. The molecule has 3 aromatic rings. The van der Waals surface area contributed by atoms with Gasteiger partial charge in [-0.05, 0) is 46.0 Å². The minimum absolute atomic E-state index is 0.0625. The number of amides is 1. The first-order valence-electron chi connectivity index (χ1n) is 8.49. The summed E-state index contributed by atoms with van der Waals surface area (Å²) in [7, 11) is 2.00. The molecule has 8 heteroatoms. The SMILES string of the molecule is Cc1nc([C@H](C)N(C)CCC(=O)Nc2ccc3[nH]c(=O)[nH]c3c2)c(C)s1. The van der Waals surface area contributed by atoms with Crippen LogP contribution in [0.2, 0.25) is 0 Å². The Morgan fingerprint density at radius 2 is 2.04 bits per heavy atom. The molecule has 0 fully saturated rings. The van der Waals surface area contributed by atoms with Gasteiger partial charge in [0.25, 0.3) is 0 Å². The molecule has 26 heavy (non-hydrogen) atoms. The van der Waals surface area contributed by atoms with E-state index in [9.17, 15) is 9.59 Å². The lowest BCUT2D eigenvalue weighted by atomic mass is 10.2. The second kappa shape index (κ2) is 7.43. The molecule has 0 spiro atoms. The minimum Gasteiger partial charge on any atom is -0.326 e. The zero-order chi connectivity index (χ0) is 18.8. The third kappa shape index (κ3) is 4.03. The number of aromatic nitrogens is 3. The van der Waals surface area contributed by atoms with Crippen LogP contribution in [-0.4, -0.2) is 39.4 Å². The molecule has 138 valence electrons. The lowest BCUT2D eigenvalue weighted by Gasteiger charge is -2.23. The molecular weight excluding hydrogens is 350 g/mol. The molecule has 1 atom stereocenters. The summed E-state index contributed by atoms with van der Waals surface area (Å²) in [6.45, 7) is 6.83. The quantitative estimate of drug-likeness (QED) is 0.619. The van der Waals surface area contributed by atoms with Crippen molar-refractivity contribution < 1.29 is 4.79 Å². The van der Waals surface area contributed by atoms with Crippen LogP contribution in [0.1, 0.15) is 35.0 Å². The zero-order valence-electron chi connectivity index (χ0n) is 15.3. The number of aromatic amines is 2. The molecule has 2 aromatic heterocycles. The summed E-state index contributed by atoms with van der Waals surface area (Å²) >= 11 is 1.70. The topological polar surface area (TPSA) is 93.9 Å². The number of rotatable bonds is 6. The molecule has 2 heterocycles. The number of thiazole rings is 1. The average Bonchev–Trinajstić information content (AvgIpc) is 3.12. The maximum atomic E-state index is 12.3. The minimum atomic E-state index is -0.258. The Kier molecular flexibility index (Phi) is 5.24. The maximum absolute atomic E-state index is 12.3. The highest BCUT2D eigenvalue weighted by Gasteiger charge is 2.18. The van der Waals surface area contributed by atoms with E-state index in [1.807, 2.05) is 14.0 Å². The highest BCUT2D eigenvalue weighted by molar-refractivity contribution is 7.11. The molecule has 0 radical (unpaired) electrons. The van der Waals surface area contributed by atoms with Gasteiger partial charge in [0.2, 0.25) is 5.91 Å². The van der Waals surface area contributed by atoms with E-state index in [0.29, 0.717) is 24.2 Å². The Morgan fingerprint density at radius 1 is 1.31 bits per heavy atom. The molecule has 0 aliphatic heterocycles. The third-order valence-corrected chi connectivity index (χ3v) is 5.39. The summed E-state index contributed by atoms with van der Waals surface area (Å²) < 4.78 is 0. The Bertz CT molecular complexity index is 987. The molecule has 0 aliphatic rings. The molecular formula is C18H23N5O2S. The molecule has 0 unspecified atom stereocenters. The van der Waals surface area contributed by atoms with Gasteiger partial charge >= 0.3 is 5.69 Å². The van der Waals surface area contributed by atoms with Gasteiger partial charge in [-0.15, -0.1) is 11.3 Å². The van der Waals surface area contributed by atoms with E-state index >= 15 is 0 Å². The van der Waals surface area contributed by atoms with Crippen LogP contribution in [0.25, 0.3) is 11.0 Å². The second-order valence-electron chi connectivity index (χ2n) is 6.47. The molecule has 3 N–H and O–H groups in total. The van der Waals surface area contributed by atoms with E-state index in [4.69, 9.17) is 0 Å². The Morgan fingerprint density at radius 3 is 2.73 bits per heavy atom. The number of nitrogens with zero attached hydrogens (tertiary/aromatic N) is 2. The zero-order valence-corrected chi connectivity index (χ0v) is 16.2. The van der Waals surface area contributed by atoms with Gasteiger partial charge in [0, 0.05) is 23.5 Å². The van der Waals surface area contributed by atoms with Crippen LogP contribution in [0.4, 0.5) is 5.69 Å². The number of carbonyl (C=O) groups is 1. The fourth-order valence-electron chi connectivity index (χ4n) is 2.95. The van der Waals surface area contributed by atoms with Gasteiger partial charge in [-0.2, -0.15) is 0 Å². The van der Waals surface area contributed by atoms with Crippen molar-refractivity contribution in [3.8, 4) is 0 Å². The lowest BCUT2D eigenvalue weighted by molar-refractivity contribution is -0.116. The van der Waals surface area contributed by atoms with E-state index in [1.54, 1.807) is 29.5 Å². The molecule has 0 aliphatic carbocycles. The smallest absolute Gasteiger partial charge is 0.323 e. The fourth-order valence-corrected chi connectivity index (χ4v) is 3.85. The molecule has 0 saturated heterocycles. The van der Waals surface area contributed by atoms with Crippen LogP contribution >= 0.6 is 11.3 Å². The van der Waals surface area contributed by atoms with Crippen LogP contribution in [0.15, 0.2) is 23.0 Å². The van der Waals surface area contributed by atoms with E-state index in [2.05, 4.69) is 39.0 Å². The van der Waals surface area contributed by atoms with E-state index in [-0.39, 0.29) is 17.6 Å². The summed E-state index contributed by atoms with van der Waals surface area (Å²) in [5.41, 5.74) is 2.88. The van der Waals surface area contributed by atoms with Crippen molar-refractivity contribution in [1.82, 2.24) is 19.9 Å². The summed E-state index contributed by atoms with van der Waals surface area (Å²) in [5, 5.41) is 3.94. The third-order valence-electron chi connectivity index (χ3n) is 4.49. The number of nitrogens with one attached hydrogen (secondary N) is 3. The Hall–Kier alpha value is -2.45. The molecule has 7 nitrogen and oxygen atoms in total. The van der Waals surface area contributed by atoms with Gasteiger partial charge in [0.15, 0.2) is 0 Å². The van der Waals surface area contributed by atoms with Gasteiger partial charge in [0.05, 0.1) is 27.8 Å². The van der Waals surface area contributed by atoms with Crippen molar-refractivity contribution in [2.45, 2.75) is 33.2 Å². The highest BCUT2D eigenvalue weighted by atomic mass is 32.1. The first-order valence-corrected chi connectivity index (χ1v) is 9.31. The molecule has 1 amide bonds. The van der Waals surface area contributed by atoms with Crippen LogP contribution in [-0.2, 0) is 4.79 Å². The van der Waals surface area contributed by atoms with Crippen molar-refractivity contribution >= 4 is 34.0 Å². The van der Waals surface area contributed by atoms with Crippen LogP contribution in [0.3, 0.4) is 0 Å². The van der Waals surface area contributed by atoms with E-state index in [0.717, 1.165) is 16.2 Å². The number of anilines is 1. The summed E-state index contributed by atoms with van der Waals surface area (Å²) in [4.78, 5) is 36.9. The predicted octanol–water partition coefficient (Wildman–Crippen LogP) is 2.95. The van der Waals surface area contributed by atoms with Crippen LogP contribution in [0.5, 0.6) is 0 Å². The number of imidazole rings is 1. The number of benzene rings is 1. The van der Waals surface area contributed by atoms with Crippen molar-refractivity contribution in [2.75, 3.05) is 18.9 Å². The van der Waals surface area contributed by atoms with Crippen molar-refractivity contribution in [3.05, 3.63) is 44.3 Å². The van der Waals surface area contributed by atoms with Crippen molar-refractivity contribution in [3.63, 3.8) is 0 Å². The lowest BCUT2D eigenvalue weighted by Crippen LogP contribution is -2.27. The van der Waals surface area contributed by atoms with Gasteiger partial charge < -0.3 is 15.3 Å². The first-order chi connectivity index (χ1) is 12.3. The van der Waals surface area contributed by atoms with Crippen molar-refractivity contribution in [2.24, 2.45) is 0 Å². The average molecular weight is 373 g/mol. The van der Waals surface area contributed by atoms with Gasteiger partial charge in [-0.1, -0.05) is 0 Å². The molecule has 3 rings (SSSR count). The summed E-state index contributed by atoms with van der Waals surface area (Å²) in [6, 6.07) is 5.45. The summed E-state index contributed by atoms with van der Waals surface area (Å²) in [6.07, 6.45) is 0.380. The number of H-pyrrole nitrogens is 2. The highest BCUT2D eigenvalue weighted by Crippen LogP contribution is 2.26. The van der Waals surface area contributed by atoms with Gasteiger partial charge in [0.1, 0.15) is 0 Å². The number of fused-ring (bicyclic) bond motifs is 1. The van der Waals surface area contributed by atoms with E-state index < -0.39 is 0 Å². The normalized spacial score (nSPS) is 12.7. The standard InChI is InChI=1S/C18H23N5O2S/c1-10(17-11(2)26-12(3)19-17)23(4)8-7-16(24)20-13-5-6-14-15(9-13)22-18(25)21-14/h5-6,9-10H,7-8H2,1-4H3,(H,20,24)(H2,21,22,25)/t10-/m0/s1. The van der Waals surface area contributed by atoms with Crippen LogP contribution in [0, 0.1) is 13.8 Å². The Labute approximate surface area is 155 Å². The maximum Gasteiger partial charge on any atom is 0.323 e. The predicted molar refractivity (Wildman–Crippen MR) is 105 cm³/mol. The Balaban J connectivity index is 1.57. The largest absolute Gasteiger partial charge is 0.326 e. The monoisotopic (exact) mass is 373 g/mol. The summed E-state index contributed by atoms with van der Waals surface area (Å²) in [5.74, 6) is -0.0625. The second-order valence-corrected chi connectivity index (χ2v) is 7.88. The van der Waals surface area contributed by atoms with Gasteiger partial charge in [-0.25, -0.2) is 9.78 Å². The number of aryl methyl sites for hydroxylation is 2.